The topological polar surface area (TPSA) is 71.2 Å². The molecule has 0 spiro atoms. The standard InChI is InChI=1S/C22H27F3N4O/c23-16-6-7-17(24)20-19(16)14(13-29-10-8-22(25,26)9-11-29)12-18(28-20)21(30)27-15-4-2-1-3-5-15/h6-7,12,15H,1-5,8-11,13,26H2,(H,27,30). The first kappa shape index (κ1) is 21.1. The monoisotopic (exact) mass is 420 g/mol. The fraction of sp³-hybridized carbons (Fsp3) is 0.545. The number of hydrogen-bond donors (Lipinski definition) is 2. The van der Waals surface area contributed by atoms with E-state index in [-0.39, 0.29) is 47.9 Å². The number of likely N-dealkylation sites (tertiary alicyclic amines) is 1. The SMILES string of the molecule is NC1(F)CCN(Cc2cc(C(=O)NC3CCCCC3)nc3c(F)ccc(F)c23)CC1. The van der Waals surface area contributed by atoms with Crippen molar-refractivity contribution in [1.82, 2.24) is 15.2 Å². The van der Waals surface area contributed by atoms with E-state index in [1.165, 1.54) is 6.07 Å². The van der Waals surface area contributed by atoms with Gasteiger partial charge in [-0.15, -0.1) is 0 Å². The van der Waals surface area contributed by atoms with E-state index >= 15 is 0 Å². The van der Waals surface area contributed by atoms with Gasteiger partial charge in [0.25, 0.3) is 5.91 Å². The third-order valence-corrected chi connectivity index (χ3v) is 6.20. The van der Waals surface area contributed by atoms with Gasteiger partial charge in [0.1, 0.15) is 22.8 Å². The molecule has 1 aromatic heterocycles. The lowest BCUT2D eigenvalue weighted by molar-refractivity contribution is 0.0606. The Bertz CT molecular complexity index is 934. The molecule has 1 saturated carbocycles. The largest absolute Gasteiger partial charge is 0.348 e. The van der Waals surface area contributed by atoms with Crippen LogP contribution >= 0.6 is 0 Å². The number of nitrogens with one attached hydrogen (secondary N) is 1. The lowest BCUT2D eigenvalue weighted by atomic mass is 9.95. The van der Waals surface area contributed by atoms with Gasteiger partial charge in [0, 0.05) is 43.9 Å². The first-order valence-electron chi connectivity index (χ1n) is 10.6. The van der Waals surface area contributed by atoms with E-state index in [0.717, 1.165) is 44.2 Å². The zero-order valence-electron chi connectivity index (χ0n) is 16.9. The number of pyridine rings is 1. The number of nitrogens with two attached hydrogens (primary N) is 1. The number of carbonyl (C=O) groups is 1. The molecular formula is C22H27F3N4O. The van der Waals surface area contributed by atoms with Crippen molar-refractivity contribution in [3.05, 3.63) is 41.1 Å². The van der Waals surface area contributed by atoms with Crippen molar-refractivity contribution in [2.24, 2.45) is 5.73 Å². The summed E-state index contributed by atoms with van der Waals surface area (Å²) >= 11 is 0. The average molecular weight is 420 g/mol. The predicted octanol–water partition coefficient (Wildman–Crippen LogP) is 3.80. The van der Waals surface area contributed by atoms with E-state index in [1.807, 2.05) is 4.90 Å². The Balaban J connectivity index is 1.65. The van der Waals surface area contributed by atoms with Gasteiger partial charge in [-0.05, 0) is 36.6 Å². The molecule has 4 rings (SSSR count). The molecule has 1 aliphatic carbocycles. The molecule has 30 heavy (non-hydrogen) atoms. The molecule has 162 valence electrons. The number of amides is 1. The number of nitrogens with zero attached hydrogens (tertiary/aromatic N) is 2. The number of piperidine rings is 1. The maximum Gasteiger partial charge on any atom is 0.270 e. The Morgan fingerprint density at radius 1 is 1.17 bits per heavy atom. The van der Waals surface area contributed by atoms with Crippen molar-refractivity contribution in [3.8, 4) is 0 Å². The minimum atomic E-state index is -1.70. The quantitative estimate of drug-likeness (QED) is 0.739. The van der Waals surface area contributed by atoms with Gasteiger partial charge >= 0.3 is 0 Å². The number of hydrogen-bond acceptors (Lipinski definition) is 4. The molecule has 1 aliphatic heterocycles. The first-order chi connectivity index (χ1) is 14.3. The molecule has 8 heteroatoms. The molecule has 2 aliphatic rings. The Morgan fingerprint density at radius 2 is 1.83 bits per heavy atom. The smallest absolute Gasteiger partial charge is 0.270 e. The summed E-state index contributed by atoms with van der Waals surface area (Å²) in [5.74, 6) is -3.34. The van der Waals surface area contributed by atoms with Crippen LogP contribution in [0.1, 0.15) is 61.0 Å². The van der Waals surface area contributed by atoms with Crippen LogP contribution in [0, 0.1) is 11.6 Å². The molecule has 0 atom stereocenters. The number of fused-ring (bicyclic) bond motifs is 1. The lowest BCUT2D eigenvalue weighted by Gasteiger charge is -2.34. The van der Waals surface area contributed by atoms with Crippen molar-refractivity contribution in [2.75, 3.05) is 13.1 Å². The van der Waals surface area contributed by atoms with Gasteiger partial charge in [-0.1, -0.05) is 19.3 Å². The van der Waals surface area contributed by atoms with Crippen molar-refractivity contribution < 1.29 is 18.0 Å². The maximum atomic E-state index is 14.6. The van der Waals surface area contributed by atoms with E-state index in [9.17, 15) is 18.0 Å². The Morgan fingerprint density at radius 3 is 2.53 bits per heavy atom. The second kappa shape index (κ2) is 8.51. The number of alkyl halides is 1. The highest BCUT2D eigenvalue weighted by Gasteiger charge is 2.30. The Kier molecular flexibility index (Phi) is 5.97. The highest BCUT2D eigenvalue weighted by molar-refractivity contribution is 5.96. The average Bonchev–Trinajstić information content (AvgIpc) is 2.73. The van der Waals surface area contributed by atoms with Crippen LogP contribution in [0.15, 0.2) is 18.2 Å². The zero-order chi connectivity index (χ0) is 21.3. The molecule has 2 heterocycles. The second-order valence-corrected chi connectivity index (χ2v) is 8.54. The molecule has 2 aromatic rings. The van der Waals surface area contributed by atoms with E-state index in [0.29, 0.717) is 18.7 Å². The minimum Gasteiger partial charge on any atom is -0.348 e. The van der Waals surface area contributed by atoms with Gasteiger partial charge in [-0.3, -0.25) is 15.4 Å². The highest BCUT2D eigenvalue weighted by atomic mass is 19.1. The van der Waals surface area contributed by atoms with Crippen LogP contribution in [-0.2, 0) is 6.54 Å². The number of aromatic nitrogens is 1. The van der Waals surface area contributed by atoms with Gasteiger partial charge in [0.2, 0.25) is 0 Å². The summed E-state index contributed by atoms with van der Waals surface area (Å²) in [5, 5.41) is 3.04. The highest BCUT2D eigenvalue weighted by Crippen LogP contribution is 2.28. The summed E-state index contributed by atoms with van der Waals surface area (Å²) in [6.45, 7) is 1.06. The second-order valence-electron chi connectivity index (χ2n) is 8.54. The van der Waals surface area contributed by atoms with E-state index in [4.69, 9.17) is 5.73 Å². The van der Waals surface area contributed by atoms with Crippen LogP contribution in [0.25, 0.3) is 10.9 Å². The summed E-state index contributed by atoms with van der Waals surface area (Å²) < 4.78 is 43.0. The van der Waals surface area contributed by atoms with Crippen LogP contribution in [-0.4, -0.2) is 40.7 Å². The Hall–Kier alpha value is -2.19. The summed E-state index contributed by atoms with van der Waals surface area (Å²) in [7, 11) is 0. The van der Waals surface area contributed by atoms with Crippen molar-refractivity contribution in [3.63, 3.8) is 0 Å². The summed E-state index contributed by atoms with van der Waals surface area (Å²) in [6, 6.07) is 3.69. The van der Waals surface area contributed by atoms with Crippen LogP contribution in [0.5, 0.6) is 0 Å². The molecule has 0 bridgehead atoms. The van der Waals surface area contributed by atoms with Gasteiger partial charge in [-0.2, -0.15) is 0 Å². The van der Waals surface area contributed by atoms with Crippen LogP contribution in [0.4, 0.5) is 13.2 Å². The van der Waals surface area contributed by atoms with Gasteiger partial charge in [-0.25, -0.2) is 18.2 Å². The molecule has 0 radical (unpaired) electrons. The van der Waals surface area contributed by atoms with Crippen LogP contribution in [0.3, 0.4) is 0 Å². The fourth-order valence-electron chi connectivity index (χ4n) is 4.42. The van der Waals surface area contributed by atoms with E-state index < -0.39 is 17.4 Å². The van der Waals surface area contributed by atoms with Crippen molar-refractivity contribution in [2.45, 2.75) is 63.3 Å². The summed E-state index contributed by atoms with van der Waals surface area (Å²) in [5.41, 5.74) is 5.94. The van der Waals surface area contributed by atoms with Crippen LogP contribution in [0.2, 0.25) is 0 Å². The van der Waals surface area contributed by atoms with Crippen molar-refractivity contribution in [1.29, 1.82) is 0 Å². The minimum absolute atomic E-state index is 0.0639. The molecule has 5 nitrogen and oxygen atoms in total. The summed E-state index contributed by atoms with van der Waals surface area (Å²) in [6.07, 6.45) is 5.44. The third kappa shape index (κ3) is 4.59. The number of benzene rings is 1. The predicted molar refractivity (Wildman–Crippen MR) is 109 cm³/mol. The Labute approximate surface area is 173 Å². The molecule has 0 unspecified atom stereocenters. The third-order valence-electron chi connectivity index (χ3n) is 6.20. The van der Waals surface area contributed by atoms with Gasteiger partial charge < -0.3 is 5.32 Å². The first-order valence-corrected chi connectivity index (χ1v) is 10.6. The normalized spacial score (nSPS) is 20.4. The molecule has 1 saturated heterocycles. The zero-order valence-corrected chi connectivity index (χ0v) is 16.9. The molecule has 3 N–H and O–H groups in total. The number of carbonyl (C=O) groups excluding carboxylic acids is 1. The molecule has 2 fully saturated rings. The van der Waals surface area contributed by atoms with E-state index in [2.05, 4.69) is 10.3 Å². The lowest BCUT2D eigenvalue weighted by Crippen LogP contribution is -2.46. The van der Waals surface area contributed by atoms with Crippen LogP contribution < -0.4 is 11.1 Å². The fourth-order valence-corrected chi connectivity index (χ4v) is 4.42. The molecular weight excluding hydrogens is 393 g/mol. The van der Waals surface area contributed by atoms with E-state index in [1.54, 1.807) is 0 Å². The number of halogens is 3. The van der Waals surface area contributed by atoms with Gasteiger partial charge in [0.05, 0.1) is 0 Å². The maximum absolute atomic E-state index is 14.6. The van der Waals surface area contributed by atoms with Crippen molar-refractivity contribution >= 4 is 16.8 Å². The molecule has 1 aromatic carbocycles. The van der Waals surface area contributed by atoms with Gasteiger partial charge in [0.15, 0.2) is 5.79 Å². The molecule has 1 amide bonds. The summed E-state index contributed by atoms with van der Waals surface area (Å²) in [4.78, 5) is 18.9. The number of rotatable bonds is 4.